The van der Waals surface area contributed by atoms with Crippen LogP contribution in [0.15, 0.2) is 24.3 Å². The van der Waals surface area contributed by atoms with Crippen LogP contribution in [0, 0.1) is 0 Å². The molecule has 0 saturated carbocycles. The fourth-order valence-corrected chi connectivity index (χ4v) is 2.84. The number of aromatic nitrogens is 3. The highest BCUT2D eigenvalue weighted by Crippen LogP contribution is 2.16. The predicted molar refractivity (Wildman–Crippen MR) is 85.9 cm³/mol. The topological polar surface area (TPSA) is 60.2 Å². The van der Waals surface area contributed by atoms with Gasteiger partial charge in [0.15, 0.2) is 5.82 Å². The molecular weight excluding hydrogens is 316 g/mol. The van der Waals surface area contributed by atoms with E-state index in [1.54, 1.807) is 4.90 Å². The summed E-state index contributed by atoms with van der Waals surface area (Å²) in [6, 6.07) is 7.47. The second kappa shape index (κ2) is 7.10. The number of hydrogen-bond donors (Lipinski definition) is 0. The van der Waals surface area contributed by atoms with Gasteiger partial charge in [0.1, 0.15) is 12.4 Å². The molecule has 0 bridgehead atoms. The number of nitrogens with zero attached hydrogens (tertiary/aromatic N) is 4. The molecule has 6 nitrogen and oxygen atoms in total. The Bertz CT molecular complexity index is 701. The molecule has 23 heavy (non-hydrogen) atoms. The molecular formula is C16H19ClN4O2. The van der Waals surface area contributed by atoms with Crippen LogP contribution < -0.4 is 0 Å². The zero-order valence-corrected chi connectivity index (χ0v) is 13.8. The van der Waals surface area contributed by atoms with E-state index >= 15 is 0 Å². The Morgan fingerprint density at radius 3 is 2.91 bits per heavy atom. The van der Waals surface area contributed by atoms with Crippen molar-refractivity contribution in [2.45, 2.75) is 33.0 Å². The van der Waals surface area contributed by atoms with Gasteiger partial charge in [0.2, 0.25) is 5.91 Å². The second-order valence-electron chi connectivity index (χ2n) is 5.44. The molecule has 3 rings (SSSR count). The Morgan fingerprint density at radius 1 is 1.30 bits per heavy atom. The lowest BCUT2D eigenvalue weighted by Crippen LogP contribution is -2.40. The summed E-state index contributed by atoms with van der Waals surface area (Å²) in [6.07, 6.45) is 0.849. The number of hydrogen-bond acceptors (Lipinski definition) is 4. The lowest BCUT2D eigenvalue weighted by molar-refractivity contribution is -0.138. The van der Waals surface area contributed by atoms with E-state index in [1.165, 1.54) is 0 Å². The van der Waals surface area contributed by atoms with Crippen LogP contribution in [-0.4, -0.2) is 38.7 Å². The minimum atomic E-state index is -0.0376. The van der Waals surface area contributed by atoms with Crippen LogP contribution in [0.5, 0.6) is 0 Å². The highest BCUT2D eigenvalue weighted by molar-refractivity contribution is 6.31. The molecule has 2 aromatic rings. The number of fused-ring (bicyclic) bond motifs is 1. The monoisotopic (exact) mass is 334 g/mol. The van der Waals surface area contributed by atoms with Crippen molar-refractivity contribution >= 4 is 17.5 Å². The van der Waals surface area contributed by atoms with Crippen molar-refractivity contribution in [2.75, 3.05) is 13.2 Å². The quantitative estimate of drug-likeness (QED) is 0.839. The molecule has 7 heteroatoms. The van der Waals surface area contributed by atoms with Crippen LogP contribution in [0.25, 0.3) is 0 Å². The van der Waals surface area contributed by atoms with E-state index < -0.39 is 0 Å². The third-order valence-electron chi connectivity index (χ3n) is 3.94. The molecule has 0 radical (unpaired) electrons. The number of halogens is 1. The van der Waals surface area contributed by atoms with Crippen LogP contribution in [0.4, 0.5) is 0 Å². The lowest BCUT2D eigenvalue weighted by Gasteiger charge is -2.27. The van der Waals surface area contributed by atoms with E-state index in [0.29, 0.717) is 24.7 Å². The smallest absolute Gasteiger partial charge is 0.249 e. The molecule has 0 aliphatic carbocycles. The summed E-state index contributed by atoms with van der Waals surface area (Å²) in [7, 11) is 0. The number of carbonyl (C=O) groups is 1. The van der Waals surface area contributed by atoms with E-state index in [-0.39, 0.29) is 12.5 Å². The van der Waals surface area contributed by atoms with Gasteiger partial charge in [-0.3, -0.25) is 4.79 Å². The van der Waals surface area contributed by atoms with E-state index in [0.717, 1.165) is 30.2 Å². The Balaban J connectivity index is 1.52. The van der Waals surface area contributed by atoms with Crippen molar-refractivity contribution in [1.29, 1.82) is 0 Å². The number of amides is 1. The van der Waals surface area contributed by atoms with Gasteiger partial charge in [-0.15, -0.1) is 10.2 Å². The fourth-order valence-electron chi connectivity index (χ4n) is 2.65. The van der Waals surface area contributed by atoms with Crippen molar-refractivity contribution in [2.24, 2.45) is 0 Å². The molecule has 0 spiro atoms. The zero-order chi connectivity index (χ0) is 16.2. The first-order chi connectivity index (χ1) is 11.2. The number of benzene rings is 1. The molecule has 1 aliphatic heterocycles. The van der Waals surface area contributed by atoms with Crippen LogP contribution in [0.3, 0.4) is 0 Å². The number of ether oxygens (including phenoxy) is 1. The van der Waals surface area contributed by atoms with E-state index in [9.17, 15) is 4.79 Å². The summed E-state index contributed by atoms with van der Waals surface area (Å²) in [5.74, 6) is 1.78. The summed E-state index contributed by atoms with van der Waals surface area (Å²) in [6.45, 7) is 4.31. The van der Waals surface area contributed by atoms with Gasteiger partial charge in [-0.05, 0) is 11.6 Å². The largest absolute Gasteiger partial charge is 0.367 e. The highest BCUT2D eigenvalue weighted by atomic mass is 35.5. The summed E-state index contributed by atoms with van der Waals surface area (Å²) >= 11 is 6.07. The molecule has 0 fully saturated rings. The van der Waals surface area contributed by atoms with Crippen molar-refractivity contribution in [1.82, 2.24) is 19.7 Å². The predicted octanol–water partition coefficient (Wildman–Crippen LogP) is 2.05. The zero-order valence-electron chi connectivity index (χ0n) is 13.0. The van der Waals surface area contributed by atoms with Crippen molar-refractivity contribution in [3.63, 3.8) is 0 Å². The van der Waals surface area contributed by atoms with Crippen molar-refractivity contribution in [3.8, 4) is 0 Å². The fraction of sp³-hybridized carbons (Fsp3) is 0.438. The lowest BCUT2D eigenvalue weighted by atomic mass is 10.2. The maximum atomic E-state index is 12.3. The molecule has 2 heterocycles. The molecule has 0 N–H and O–H groups in total. The molecule has 0 unspecified atom stereocenters. The first kappa shape index (κ1) is 16.0. The van der Waals surface area contributed by atoms with Crippen LogP contribution in [0.1, 0.15) is 24.1 Å². The SMILES string of the molecule is CCc1nnc2n1CCN(C(=O)COCc1ccccc1Cl)C2. The normalized spacial score (nSPS) is 13.9. The number of carbonyl (C=O) groups excluding carboxylic acids is 1. The van der Waals surface area contributed by atoms with Crippen LogP contribution >= 0.6 is 11.6 Å². The van der Waals surface area contributed by atoms with Gasteiger partial charge in [-0.2, -0.15) is 0 Å². The van der Waals surface area contributed by atoms with Gasteiger partial charge in [0.25, 0.3) is 0 Å². The van der Waals surface area contributed by atoms with Crippen molar-refractivity contribution < 1.29 is 9.53 Å². The molecule has 1 amide bonds. The molecule has 122 valence electrons. The molecule has 0 atom stereocenters. The Labute approximate surface area is 140 Å². The minimum absolute atomic E-state index is 0.0376. The van der Waals surface area contributed by atoms with Gasteiger partial charge in [0.05, 0.1) is 13.2 Å². The van der Waals surface area contributed by atoms with Crippen LogP contribution in [-0.2, 0) is 35.6 Å². The maximum Gasteiger partial charge on any atom is 0.249 e. The second-order valence-corrected chi connectivity index (χ2v) is 5.84. The Hall–Kier alpha value is -1.92. The average Bonchev–Trinajstić information content (AvgIpc) is 2.98. The van der Waals surface area contributed by atoms with Gasteiger partial charge in [0, 0.05) is 24.5 Å². The van der Waals surface area contributed by atoms with E-state index in [2.05, 4.69) is 21.7 Å². The number of rotatable bonds is 5. The third kappa shape index (κ3) is 3.54. The Kier molecular flexibility index (Phi) is 4.93. The standard InChI is InChI=1S/C16H19ClN4O2/c1-2-14-18-19-15-9-20(7-8-21(14)15)16(22)11-23-10-12-5-3-4-6-13(12)17/h3-6H,2,7-11H2,1H3. The Morgan fingerprint density at radius 2 is 2.13 bits per heavy atom. The molecule has 1 aromatic heterocycles. The van der Waals surface area contributed by atoms with Gasteiger partial charge in [-0.25, -0.2) is 0 Å². The maximum absolute atomic E-state index is 12.3. The van der Waals surface area contributed by atoms with Gasteiger partial charge >= 0.3 is 0 Å². The number of aryl methyl sites for hydroxylation is 1. The molecule has 1 aliphatic rings. The summed E-state index contributed by atoms with van der Waals surface area (Å²) < 4.78 is 7.60. The molecule has 1 aromatic carbocycles. The van der Waals surface area contributed by atoms with Crippen molar-refractivity contribution in [3.05, 3.63) is 46.5 Å². The average molecular weight is 335 g/mol. The first-order valence-corrected chi connectivity index (χ1v) is 8.06. The van der Waals surface area contributed by atoms with E-state index in [1.807, 2.05) is 24.3 Å². The van der Waals surface area contributed by atoms with E-state index in [4.69, 9.17) is 16.3 Å². The molecule has 0 saturated heterocycles. The van der Waals surface area contributed by atoms with Gasteiger partial charge < -0.3 is 14.2 Å². The third-order valence-corrected chi connectivity index (χ3v) is 4.31. The summed E-state index contributed by atoms with van der Waals surface area (Å²) in [4.78, 5) is 14.0. The first-order valence-electron chi connectivity index (χ1n) is 7.69. The highest BCUT2D eigenvalue weighted by Gasteiger charge is 2.23. The summed E-state index contributed by atoms with van der Waals surface area (Å²) in [5.41, 5.74) is 0.882. The minimum Gasteiger partial charge on any atom is -0.367 e. The van der Waals surface area contributed by atoms with Gasteiger partial charge in [-0.1, -0.05) is 36.7 Å². The van der Waals surface area contributed by atoms with Crippen LogP contribution in [0.2, 0.25) is 5.02 Å². The summed E-state index contributed by atoms with van der Waals surface area (Å²) in [5, 5.41) is 8.96.